The van der Waals surface area contributed by atoms with E-state index in [-0.39, 0.29) is 11.2 Å². The predicted molar refractivity (Wildman–Crippen MR) is 104 cm³/mol. The largest absolute Gasteiger partial charge is 0.381 e. The summed E-state index contributed by atoms with van der Waals surface area (Å²) in [5, 5.41) is 0. The predicted octanol–water partition coefficient (Wildman–Crippen LogP) is 4.18. The maximum atomic E-state index is 11.3. The zero-order valence-corrected chi connectivity index (χ0v) is 16.8. The van der Waals surface area contributed by atoms with Crippen molar-refractivity contribution in [3.8, 4) is 0 Å². The van der Waals surface area contributed by atoms with Gasteiger partial charge in [0.25, 0.3) is 0 Å². The van der Waals surface area contributed by atoms with Crippen LogP contribution in [0.4, 0.5) is 0 Å². The Balaban J connectivity index is 0.000000251. The van der Waals surface area contributed by atoms with E-state index in [4.69, 9.17) is 0 Å². The molecule has 0 spiro atoms. The molecule has 0 N–H and O–H groups in total. The Morgan fingerprint density at radius 3 is 2.36 bits per heavy atom. The number of likely N-dealkylation sites (tertiary alicyclic amines) is 1. The number of unbranched alkanes of at least 4 members (excludes halogenated alkanes) is 1. The van der Waals surface area contributed by atoms with Crippen LogP contribution in [0.1, 0.15) is 65.7 Å². The first-order valence-corrected chi connectivity index (χ1v) is 9.59. The number of hydrogen-bond donors (Lipinski definition) is 0. The van der Waals surface area contributed by atoms with E-state index in [9.17, 15) is 9.59 Å². The number of hydrogen-bond acceptors (Lipinski definition) is 4. The third kappa shape index (κ3) is 7.89. The van der Waals surface area contributed by atoms with Crippen LogP contribution < -0.4 is 0 Å². The van der Waals surface area contributed by atoms with Crippen LogP contribution in [0.25, 0.3) is 0 Å². The number of rotatable bonds is 6. The summed E-state index contributed by atoms with van der Waals surface area (Å²) in [7, 11) is 3.97. The van der Waals surface area contributed by atoms with Gasteiger partial charge in [0.2, 0.25) is 0 Å². The average Bonchev–Trinajstić information content (AvgIpc) is 3.04. The van der Waals surface area contributed by atoms with Crippen LogP contribution >= 0.6 is 0 Å². The first-order chi connectivity index (χ1) is 11.8. The lowest BCUT2D eigenvalue weighted by Crippen LogP contribution is -2.27. The number of allylic oxidation sites excluding steroid dienone is 4. The third-order valence-electron chi connectivity index (χ3n) is 4.77. The number of aldehydes is 1. The quantitative estimate of drug-likeness (QED) is 0.533. The van der Waals surface area contributed by atoms with Crippen molar-refractivity contribution >= 4 is 12.1 Å². The Morgan fingerprint density at radius 1 is 1.24 bits per heavy atom. The summed E-state index contributed by atoms with van der Waals surface area (Å²) in [5.41, 5.74) is 2.54. The second-order valence-electron chi connectivity index (χ2n) is 8.11. The first kappa shape index (κ1) is 21.5. The molecule has 4 heteroatoms. The Kier molecular flexibility index (Phi) is 8.95. The standard InChI is InChI=1S/C11H19NO.C10H17NO/c1-2-3-6-11(7-10-13)12-8-4-5-9-12;1-10(2)6-8(11(3)4)5-9(12)7-10/h7,10H,2-6,8-9H2,1H3;5H,6-7H2,1-4H3/b11-7+;. The van der Waals surface area contributed by atoms with Crippen molar-refractivity contribution < 1.29 is 9.59 Å². The van der Waals surface area contributed by atoms with Gasteiger partial charge in [-0.2, -0.15) is 0 Å². The number of ketones is 1. The van der Waals surface area contributed by atoms with E-state index >= 15 is 0 Å². The molecule has 142 valence electrons. The molecule has 2 aliphatic rings. The number of carbonyl (C=O) groups is 2. The normalized spacial score (nSPS) is 19.9. The van der Waals surface area contributed by atoms with Gasteiger partial charge in [0.1, 0.15) is 6.29 Å². The van der Waals surface area contributed by atoms with Gasteiger partial charge in [-0.1, -0.05) is 27.2 Å². The monoisotopic (exact) mass is 348 g/mol. The summed E-state index contributed by atoms with van der Waals surface area (Å²) >= 11 is 0. The third-order valence-corrected chi connectivity index (χ3v) is 4.77. The Labute approximate surface area is 153 Å². The summed E-state index contributed by atoms with van der Waals surface area (Å²) in [4.78, 5) is 26.1. The summed E-state index contributed by atoms with van der Waals surface area (Å²) in [6.45, 7) is 8.75. The lowest BCUT2D eigenvalue weighted by atomic mass is 9.78. The molecule has 1 aliphatic heterocycles. The van der Waals surface area contributed by atoms with E-state index in [0.29, 0.717) is 6.42 Å². The molecule has 0 aromatic rings. The molecule has 2 rings (SSSR count). The van der Waals surface area contributed by atoms with Crippen LogP contribution in [0.2, 0.25) is 0 Å². The van der Waals surface area contributed by atoms with E-state index in [0.717, 1.165) is 37.9 Å². The maximum Gasteiger partial charge on any atom is 0.157 e. The second kappa shape index (κ2) is 10.4. The van der Waals surface area contributed by atoms with Gasteiger partial charge in [-0.05, 0) is 43.6 Å². The van der Waals surface area contributed by atoms with E-state index in [2.05, 4.69) is 25.7 Å². The van der Waals surface area contributed by atoms with Gasteiger partial charge in [0.15, 0.2) is 5.78 Å². The Morgan fingerprint density at radius 2 is 1.88 bits per heavy atom. The Bertz CT molecular complexity index is 498. The van der Waals surface area contributed by atoms with Crippen molar-refractivity contribution in [1.29, 1.82) is 0 Å². The lowest BCUT2D eigenvalue weighted by molar-refractivity contribution is -0.117. The summed E-state index contributed by atoms with van der Waals surface area (Å²) < 4.78 is 0. The van der Waals surface area contributed by atoms with Gasteiger partial charge >= 0.3 is 0 Å². The van der Waals surface area contributed by atoms with Crippen LogP contribution in [0.5, 0.6) is 0 Å². The molecule has 0 atom stereocenters. The van der Waals surface area contributed by atoms with Gasteiger partial charge < -0.3 is 9.80 Å². The molecule has 4 nitrogen and oxygen atoms in total. The summed E-state index contributed by atoms with van der Waals surface area (Å²) in [6, 6.07) is 0. The number of carbonyl (C=O) groups excluding carboxylic acids is 2. The molecule has 25 heavy (non-hydrogen) atoms. The molecule has 1 aliphatic carbocycles. The molecule has 0 radical (unpaired) electrons. The first-order valence-electron chi connectivity index (χ1n) is 9.59. The highest BCUT2D eigenvalue weighted by molar-refractivity contribution is 5.91. The van der Waals surface area contributed by atoms with Crippen LogP contribution in [-0.2, 0) is 9.59 Å². The van der Waals surface area contributed by atoms with Crippen LogP contribution in [0.15, 0.2) is 23.5 Å². The molecular formula is C21H36N2O2. The van der Waals surface area contributed by atoms with Gasteiger partial charge in [-0.25, -0.2) is 0 Å². The van der Waals surface area contributed by atoms with Crippen molar-refractivity contribution in [2.24, 2.45) is 5.41 Å². The maximum absolute atomic E-state index is 11.3. The van der Waals surface area contributed by atoms with Crippen molar-refractivity contribution in [2.75, 3.05) is 27.2 Å². The molecule has 0 aromatic carbocycles. The van der Waals surface area contributed by atoms with Crippen molar-refractivity contribution in [3.05, 3.63) is 23.5 Å². The van der Waals surface area contributed by atoms with Crippen molar-refractivity contribution in [1.82, 2.24) is 9.80 Å². The van der Waals surface area contributed by atoms with E-state index in [1.54, 1.807) is 12.2 Å². The zero-order chi connectivity index (χ0) is 18.9. The van der Waals surface area contributed by atoms with Gasteiger partial charge in [-0.15, -0.1) is 0 Å². The zero-order valence-electron chi connectivity index (χ0n) is 16.8. The smallest absolute Gasteiger partial charge is 0.157 e. The number of nitrogens with zero attached hydrogens (tertiary/aromatic N) is 2. The highest BCUT2D eigenvalue weighted by Gasteiger charge is 2.27. The fraction of sp³-hybridized carbons (Fsp3) is 0.714. The minimum atomic E-state index is 0.144. The van der Waals surface area contributed by atoms with E-state index in [1.165, 1.54) is 31.4 Å². The highest BCUT2D eigenvalue weighted by atomic mass is 16.1. The van der Waals surface area contributed by atoms with E-state index in [1.807, 2.05) is 19.0 Å². The van der Waals surface area contributed by atoms with Gasteiger partial charge in [0, 0.05) is 51.1 Å². The second-order valence-corrected chi connectivity index (χ2v) is 8.11. The highest BCUT2D eigenvalue weighted by Crippen LogP contribution is 2.33. The fourth-order valence-electron chi connectivity index (χ4n) is 3.39. The summed E-state index contributed by atoms with van der Waals surface area (Å²) in [5.74, 6) is 0.259. The summed E-state index contributed by atoms with van der Waals surface area (Å²) in [6.07, 6.45) is 12.1. The van der Waals surface area contributed by atoms with Gasteiger partial charge in [0.05, 0.1) is 0 Å². The topological polar surface area (TPSA) is 40.6 Å². The van der Waals surface area contributed by atoms with Crippen molar-refractivity contribution in [3.63, 3.8) is 0 Å². The Hall–Kier alpha value is -1.58. The van der Waals surface area contributed by atoms with E-state index < -0.39 is 0 Å². The molecule has 0 bridgehead atoms. The molecule has 0 unspecified atom stereocenters. The lowest BCUT2D eigenvalue weighted by Gasteiger charge is -2.31. The van der Waals surface area contributed by atoms with Crippen LogP contribution in [-0.4, -0.2) is 49.1 Å². The molecular weight excluding hydrogens is 312 g/mol. The minimum absolute atomic E-state index is 0.144. The molecule has 0 saturated carbocycles. The molecule has 1 heterocycles. The molecule has 1 saturated heterocycles. The SMILES string of the molecule is CCCC/C(=C\C=O)N1CCCC1.CN(C)C1=CC(=O)CC(C)(C)C1. The average molecular weight is 349 g/mol. The van der Waals surface area contributed by atoms with Gasteiger partial charge in [-0.3, -0.25) is 9.59 Å². The van der Waals surface area contributed by atoms with Crippen LogP contribution in [0, 0.1) is 5.41 Å². The fourth-order valence-corrected chi connectivity index (χ4v) is 3.39. The van der Waals surface area contributed by atoms with Crippen LogP contribution in [0.3, 0.4) is 0 Å². The molecule has 0 aromatic heterocycles. The molecule has 1 fully saturated rings. The molecule has 0 amide bonds. The minimum Gasteiger partial charge on any atom is -0.381 e. The van der Waals surface area contributed by atoms with Crippen molar-refractivity contribution in [2.45, 2.75) is 65.7 Å².